The minimum Gasteiger partial charge on any atom is -0.489 e. The van der Waals surface area contributed by atoms with Crippen LogP contribution in [0.25, 0.3) is 0 Å². The van der Waals surface area contributed by atoms with E-state index >= 15 is 0 Å². The molecule has 2 saturated carbocycles. The summed E-state index contributed by atoms with van der Waals surface area (Å²) in [6.07, 6.45) is 0.767. The third kappa shape index (κ3) is 3.87. The van der Waals surface area contributed by atoms with Gasteiger partial charge < -0.3 is 14.8 Å². The maximum absolute atomic E-state index is 13.3. The van der Waals surface area contributed by atoms with Gasteiger partial charge in [0, 0.05) is 16.0 Å². The first-order valence-electron chi connectivity index (χ1n) is 13.0. The number of carbonyl (C=O) groups is 3. The summed E-state index contributed by atoms with van der Waals surface area (Å²) in [4.78, 5) is 55.1. The predicted molar refractivity (Wildman–Crippen MR) is 145 cm³/mol. The molecule has 3 fully saturated rings. The number of amides is 2. The Hall–Kier alpha value is -3.37. The lowest BCUT2D eigenvalue weighted by atomic mass is 9.68. The van der Waals surface area contributed by atoms with Gasteiger partial charge in [0.25, 0.3) is 0 Å². The van der Waals surface area contributed by atoms with Gasteiger partial charge >= 0.3 is 10.8 Å². The molecule has 7 atom stereocenters. The molecule has 2 amide bonds. The molecule has 4 aliphatic rings. The van der Waals surface area contributed by atoms with E-state index in [1.54, 1.807) is 11.8 Å². The number of hydrogen-bond acceptors (Lipinski definition) is 7. The molecule has 2 aliphatic heterocycles. The fourth-order valence-corrected chi connectivity index (χ4v) is 10.4. The van der Waals surface area contributed by atoms with Crippen molar-refractivity contribution in [3.8, 4) is 5.75 Å². The Morgan fingerprint density at radius 3 is 2.54 bits per heavy atom. The largest absolute Gasteiger partial charge is 0.489 e. The van der Waals surface area contributed by atoms with E-state index < -0.39 is 24.3 Å². The number of nitrogens with zero attached hydrogens (tertiary/aromatic N) is 1. The van der Waals surface area contributed by atoms with Crippen LogP contribution in [0.1, 0.15) is 33.9 Å². The van der Waals surface area contributed by atoms with Crippen molar-refractivity contribution in [2.75, 3.05) is 6.54 Å². The fourth-order valence-electron chi connectivity index (χ4n) is 7.48. The standard InChI is InChI=1S/C29H26N2O6S2/c1-13-3-2-4-14(9-13)12-37-16-7-5-15(6-8-16)20-21-17-10-18(24(21)38-26-25(20)39-29(36)30-26)23-22(17)27(34)31(28(23)35)11-19(32)33/h2-9,17-18,20-24H,10-12H2,1H3,(H,30,36)(H,32,33)/t17?,18?,20-,21?,22?,23?,24?/m1/s1. The number of ether oxygens (including phenoxy) is 1. The van der Waals surface area contributed by atoms with Crippen LogP contribution < -0.4 is 9.61 Å². The van der Waals surface area contributed by atoms with Crippen LogP contribution in [0.4, 0.5) is 0 Å². The van der Waals surface area contributed by atoms with Gasteiger partial charge in [0.1, 0.15) is 18.9 Å². The van der Waals surface area contributed by atoms with Crippen LogP contribution in [0.2, 0.25) is 0 Å². The summed E-state index contributed by atoms with van der Waals surface area (Å²) >= 11 is 2.83. The van der Waals surface area contributed by atoms with Crippen LogP contribution in [-0.2, 0) is 21.0 Å². The minimum atomic E-state index is -1.18. The first kappa shape index (κ1) is 24.7. The number of carboxylic acids is 1. The van der Waals surface area contributed by atoms with Crippen LogP contribution in [0.3, 0.4) is 0 Å². The number of rotatable bonds is 6. The zero-order valence-corrected chi connectivity index (χ0v) is 22.7. The molecule has 6 unspecified atom stereocenters. The highest BCUT2D eigenvalue weighted by Crippen LogP contribution is 2.68. The highest BCUT2D eigenvalue weighted by Gasteiger charge is 2.69. The molecule has 2 N–H and O–H groups in total. The number of aromatic amines is 1. The van der Waals surface area contributed by atoms with Crippen molar-refractivity contribution in [3.63, 3.8) is 0 Å². The van der Waals surface area contributed by atoms with Crippen LogP contribution in [0.5, 0.6) is 5.75 Å². The highest BCUT2D eigenvalue weighted by atomic mass is 32.2. The van der Waals surface area contributed by atoms with Crippen molar-refractivity contribution in [1.82, 2.24) is 9.88 Å². The van der Waals surface area contributed by atoms with E-state index in [9.17, 15) is 24.3 Å². The Kier molecular flexibility index (Phi) is 5.75. The van der Waals surface area contributed by atoms with E-state index in [2.05, 4.69) is 11.1 Å². The van der Waals surface area contributed by atoms with Crippen molar-refractivity contribution in [2.45, 2.75) is 36.1 Å². The monoisotopic (exact) mass is 562 g/mol. The van der Waals surface area contributed by atoms with Gasteiger partial charge in [0.2, 0.25) is 11.8 Å². The number of carbonyl (C=O) groups excluding carboxylic acids is 2. The predicted octanol–water partition coefficient (Wildman–Crippen LogP) is 3.88. The maximum atomic E-state index is 13.3. The summed E-state index contributed by atoms with van der Waals surface area (Å²) in [6.45, 7) is 1.93. The Bertz CT molecular complexity index is 1560. The van der Waals surface area contributed by atoms with Gasteiger partial charge in [-0.15, -0.1) is 11.8 Å². The molecule has 0 radical (unpaired) electrons. The van der Waals surface area contributed by atoms with E-state index in [4.69, 9.17) is 4.74 Å². The van der Waals surface area contributed by atoms with Gasteiger partial charge in [-0.2, -0.15) is 0 Å². The van der Waals surface area contributed by atoms with Crippen LogP contribution >= 0.6 is 23.1 Å². The summed E-state index contributed by atoms with van der Waals surface area (Å²) in [5.74, 6) is -2.18. The number of fused-ring (bicyclic) bond motifs is 9. The van der Waals surface area contributed by atoms with Gasteiger partial charge in [-0.05, 0) is 54.4 Å². The lowest BCUT2D eigenvalue weighted by Gasteiger charge is -2.43. The molecule has 1 aromatic heterocycles. The second-order valence-electron chi connectivity index (χ2n) is 11.0. The lowest BCUT2D eigenvalue weighted by molar-refractivity contribution is -0.149. The van der Waals surface area contributed by atoms with Crippen LogP contribution in [0.15, 0.2) is 58.4 Å². The number of aromatic nitrogens is 1. The molecule has 1 saturated heterocycles. The SMILES string of the molecule is Cc1cccc(COc2ccc([C@H]3c4sc(=O)[nH]c4SC4C5CC(C6C(=O)N(CC(=O)O)C(=O)C56)C43)cc2)c1. The van der Waals surface area contributed by atoms with Gasteiger partial charge in [0.05, 0.1) is 16.9 Å². The maximum Gasteiger partial charge on any atom is 0.323 e. The van der Waals surface area contributed by atoms with Gasteiger partial charge in [-0.25, -0.2) is 0 Å². The molecule has 10 heteroatoms. The number of benzene rings is 2. The van der Waals surface area contributed by atoms with E-state index in [1.807, 2.05) is 49.4 Å². The van der Waals surface area contributed by atoms with Gasteiger partial charge in [-0.3, -0.25) is 24.1 Å². The van der Waals surface area contributed by atoms with Crippen molar-refractivity contribution < 1.29 is 24.2 Å². The third-order valence-corrected chi connectivity index (χ3v) is 11.4. The summed E-state index contributed by atoms with van der Waals surface area (Å²) < 4.78 is 6.03. The number of nitrogens with one attached hydrogen (secondary N) is 1. The molecule has 2 aliphatic carbocycles. The number of carboxylic acid groups (broad SMARTS) is 1. The van der Waals surface area contributed by atoms with E-state index in [-0.39, 0.29) is 45.6 Å². The molecular formula is C29H26N2O6S2. The molecule has 2 aromatic carbocycles. The number of aryl methyl sites for hydroxylation is 1. The van der Waals surface area contributed by atoms with Gasteiger partial charge in [-0.1, -0.05) is 53.3 Å². The summed E-state index contributed by atoms with van der Waals surface area (Å²) in [7, 11) is 0. The summed E-state index contributed by atoms with van der Waals surface area (Å²) in [5.41, 5.74) is 3.32. The van der Waals surface area contributed by atoms with Crippen LogP contribution in [0, 0.1) is 36.5 Å². The number of thiazole rings is 1. The van der Waals surface area contributed by atoms with Crippen molar-refractivity contribution in [1.29, 1.82) is 0 Å². The number of likely N-dealkylation sites (tertiary alicyclic amines) is 1. The topological polar surface area (TPSA) is 117 Å². The first-order chi connectivity index (χ1) is 18.8. The van der Waals surface area contributed by atoms with E-state index in [0.29, 0.717) is 6.61 Å². The highest BCUT2D eigenvalue weighted by molar-refractivity contribution is 8.00. The Balaban J connectivity index is 1.20. The number of hydrogen-bond donors (Lipinski definition) is 2. The number of thioether (sulfide) groups is 1. The molecule has 2 bridgehead atoms. The molecule has 39 heavy (non-hydrogen) atoms. The number of imide groups is 1. The Morgan fingerprint density at radius 2 is 1.82 bits per heavy atom. The number of aliphatic carboxylic acids is 1. The Labute approximate surface area is 232 Å². The molecule has 8 nitrogen and oxygen atoms in total. The second kappa shape index (κ2) is 9.09. The molecule has 200 valence electrons. The summed E-state index contributed by atoms with van der Waals surface area (Å²) in [6, 6.07) is 16.2. The lowest BCUT2D eigenvalue weighted by Crippen LogP contribution is -2.42. The average molecular weight is 563 g/mol. The Morgan fingerprint density at radius 1 is 1.08 bits per heavy atom. The summed E-state index contributed by atoms with van der Waals surface area (Å²) in [5, 5.41) is 10.2. The molecule has 0 spiro atoms. The second-order valence-corrected chi connectivity index (χ2v) is 13.2. The minimum absolute atomic E-state index is 0.0266. The molecular weight excluding hydrogens is 536 g/mol. The van der Waals surface area contributed by atoms with Crippen LogP contribution in [-0.4, -0.2) is 44.6 Å². The zero-order valence-electron chi connectivity index (χ0n) is 21.0. The molecule has 3 heterocycles. The van der Waals surface area contributed by atoms with Crippen molar-refractivity contribution in [3.05, 3.63) is 79.8 Å². The van der Waals surface area contributed by atoms with Crippen molar-refractivity contribution in [2.24, 2.45) is 29.6 Å². The normalized spacial score (nSPS) is 30.3. The zero-order chi connectivity index (χ0) is 27.0. The molecule has 3 aromatic rings. The first-order valence-corrected chi connectivity index (χ1v) is 14.7. The quantitative estimate of drug-likeness (QED) is 0.438. The van der Waals surface area contributed by atoms with Crippen molar-refractivity contribution >= 4 is 40.9 Å². The average Bonchev–Trinajstić information content (AvgIpc) is 3.64. The third-order valence-electron chi connectivity index (χ3n) is 8.84. The smallest absolute Gasteiger partial charge is 0.323 e. The fraction of sp³-hybridized carbons (Fsp3) is 0.379. The number of H-pyrrole nitrogens is 1. The van der Waals surface area contributed by atoms with Gasteiger partial charge in [0.15, 0.2) is 0 Å². The van der Waals surface area contributed by atoms with E-state index in [0.717, 1.165) is 38.1 Å². The van der Waals surface area contributed by atoms with E-state index in [1.165, 1.54) is 16.9 Å². The molecule has 7 rings (SSSR count).